The lowest BCUT2D eigenvalue weighted by Crippen LogP contribution is -2.02. The van der Waals surface area contributed by atoms with Crippen molar-refractivity contribution in [1.29, 1.82) is 0 Å². The number of hydrogen-bond acceptors (Lipinski definition) is 3. The summed E-state index contributed by atoms with van der Waals surface area (Å²) in [5.74, 6) is -1.59. The third-order valence-corrected chi connectivity index (χ3v) is 2.52. The topological polar surface area (TPSA) is 66.8 Å². The molecule has 1 rings (SSSR count). The van der Waals surface area contributed by atoms with Crippen LogP contribution in [0.25, 0.3) is 0 Å². The van der Waals surface area contributed by atoms with Gasteiger partial charge in [-0.15, -0.1) is 0 Å². The first-order valence-corrected chi connectivity index (χ1v) is 4.72. The fourth-order valence-corrected chi connectivity index (χ4v) is 1.64. The van der Waals surface area contributed by atoms with Gasteiger partial charge in [0.25, 0.3) is 0 Å². The van der Waals surface area contributed by atoms with Crippen LogP contribution in [0.15, 0.2) is 6.07 Å². The highest BCUT2D eigenvalue weighted by Crippen LogP contribution is 2.37. The Bertz CT molecular complexity index is 373. The molecular weight excluding hydrogens is 220 g/mol. The molecule has 0 atom stereocenters. The van der Waals surface area contributed by atoms with E-state index in [0.29, 0.717) is 12.0 Å². The van der Waals surface area contributed by atoms with Crippen LogP contribution in [0, 0.1) is 0 Å². The van der Waals surface area contributed by atoms with Crippen LogP contribution in [-0.4, -0.2) is 23.3 Å². The molecule has 4 nitrogen and oxygen atoms in total. The molecule has 0 aliphatic rings. The summed E-state index contributed by atoms with van der Waals surface area (Å²) in [6.07, 6.45) is 0.565. The highest BCUT2D eigenvalue weighted by Gasteiger charge is 2.21. The van der Waals surface area contributed by atoms with E-state index in [9.17, 15) is 9.90 Å². The quantitative estimate of drug-likeness (QED) is 0.836. The Morgan fingerprint density at radius 2 is 2.20 bits per heavy atom. The molecule has 0 aliphatic heterocycles. The molecule has 5 heteroatoms. The minimum Gasteiger partial charge on any atom is -0.504 e. The maximum atomic E-state index is 10.9. The van der Waals surface area contributed by atoms with Crippen molar-refractivity contribution in [2.45, 2.75) is 13.3 Å². The van der Waals surface area contributed by atoms with Gasteiger partial charge < -0.3 is 14.9 Å². The Morgan fingerprint density at radius 3 is 2.60 bits per heavy atom. The van der Waals surface area contributed by atoms with E-state index in [1.54, 1.807) is 0 Å². The van der Waals surface area contributed by atoms with Gasteiger partial charge in [0, 0.05) is 0 Å². The van der Waals surface area contributed by atoms with E-state index >= 15 is 0 Å². The zero-order chi connectivity index (χ0) is 11.6. The number of rotatable bonds is 3. The summed E-state index contributed by atoms with van der Waals surface area (Å²) in [7, 11) is 1.36. The first-order valence-electron chi connectivity index (χ1n) is 4.34. The molecular formula is C10H11ClO4. The third kappa shape index (κ3) is 1.99. The zero-order valence-electron chi connectivity index (χ0n) is 8.37. The number of hydrogen-bond donors (Lipinski definition) is 2. The van der Waals surface area contributed by atoms with Crippen LogP contribution >= 0.6 is 11.6 Å². The lowest BCUT2D eigenvalue weighted by molar-refractivity contribution is 0.0693. The van der Waals surface area contributed by atoms with Crippen LogP contribution in [0.4, 0.5) is 0 Å². The number of halogens is 1. The monoisotopic (exact) mass is 230 g/mol. The van der Waals surface area contributed by atoms with E-state index in [-0.39, 0.29) is 16.3 Å². The number of aromatic carboxylic acids is 1. The summed E-state index contributed by atoms with van der Waals surface area (Å²) in [6.45, 7) is 1.84. The van der Waals surface area contributed by atoms with Gasteiger partial charge in [-0.25, -0.2) is 4.79 Å². The zero-order valence-corrected chi connectivity index (χ0v) is 9.13. The lowest BCUT2D eigenvalue weighted by atomic mass is 10.1. The molecule has 0 fully saturated rings. The number of carboxylic acid groups (broad SMARTS) is 1. The molecule has 82 valence electrons. The third-order valence-electron chi connectivity index (χ3n) is 2.09. The van der Waals surface area contributed by atoms with Crippen LogP contribution in [0.3, 0.4) is 0 Å². The maximum Gasteiger partial charge on any atom is 0.341 e. The summed E-state index contributed by atoms with van der Waals surface area (Å²) in [4.78, 5) is 10.9. The van der Waals surface area contributed by atoms with Crippen LogP contribution < -0.4 is 4.74 Å². The Morgan fingerprint density at radius 1 is 1.60 bits per heavy atom. The summed E-state index contributed by atoms with van der Waals surface area (Å²) in [6, 6.07) is 1.53. The average Bonchev–Trinajstić information content (AvgIpc) is 2.18. The van der Waals surface area contributed by atoms with Gasteiger partial charge in [0.1, 0.15) is 5.56 Å². The molecule has 1 aromatic rings. The van der Waals surface area contributed by atoms with Crippen molar-refractivity contribution in [3.05, 3.63) is 22.2 Å². The number of carbonyl (C=O) groups is 1. The van der Waals surface area contributed by atoms with Crippen molar-refractivity contribution in [1.82, 2.24) is 0 Å². The van der Waals surface area contributed by atoms with Gasteiger partial charge in [0.2, 0.25) is 0 Å². The van der Waals surface area contributed by atoms with Gasteiger partial charge in [0.05, 0.1) is 12.1 Å². The minimum absolute atomic E-state index is 0.0586. The number of aromatic hydroxyl groups is 1. The van der Waals surface area contributed by atoms with E-state index in [1.807, 2.05) is 6.92 Å². The molecule has 0 aliphatic carbocycles. The van der Waals surface area contributed by atoms with Gasteiger partial charge >= 0.3 is 5.97 Å². The predicted molar refractivity (Wildman–Crippen MR) is 56.0 cm³/mol. The standard InChI is InChI=1S/C10H11ClO4/c1-3-5-4-6(15-2)9(12)7(8(5)11)10(13)14/h4,12H,3H2,1-2H3,(H,13,14). The van der Waals surface area contributed by atoms with Crippen LogP contribution in [-0.2, 0) is 6.42 Å². The van der Waals surface area contributed by atoms with Crippen molar-refractivity contribution in [2.24, 2.45) is 0 Å². The number of carboxylic acids is 1. The van der Waals surface area contributed by atoms with Crippen LogP contribution in [0.1, 0.15) is 22.8 Å². The number of phenols is 1. The van der Waals surface area contributed by atoms with Crippen molar-refractivity contribution < 1.29 is 19.7 Å². The second-order valence-electron chi connectivity index (χ2n) is 2.93. The van der Waals surface area contributed by atoms with Crippen molar-refractivity contribution in [3.63, 3.8) is 0 Å². The average molecular weight is 231 g/mol. The number of methoxy groups -OCH3 is 1. The molecule has 0 radical (unpaired) electrons. The fourth-order valence-electron chi connectivity index (χ4n) is 1.29. The molecule has 0 unspecified atom stereocenters. The van der Waals surface area contributed by atoms with Gasteiger partial charge in [0.15, 0.2) is 11.5 Å². The molecule has 0 aromatic heterocycles. The SMILES string of the molecule is CCc1cc(OC)c(O)c(C(=O)O)c1Cl. The second-order valence-corrected chi connectivity index (χ2v) is 3.31. The summed E-state index contributed by atoms with van der Waals surface area (Å²) in [5.41, 5.74) is 0.316. The Hall–Kier alpha value is -1.42. The normalized spacial score (nSPS) is 10.1. The van der Waals surface area contributed by atoms with Crippen molar-refractivity contribution in [3.8, 4) is 11.5 Å². The smallest absolute Gasteiger partial charge is 0.341 e. The van der Waals surface area contributed by atoms with Crippen molar-refractivity contribution >= 4 is 17.6 Å². The number of aryl methyl sites for hydroxylation is 1. The molecule has 0 saturated heterocycles. The van der Waals surface area contributed by atoms with Gasteiger partial charge in [-0.2, -0.15) is 0 Å². The van der Waals surface area contributed by atoms with E-state index in [4.69, 9.17) is 21.4 Å². The number of ether oxygens (including phenoxy) is 1. The Labute approximate surface area is 92.1 Å². The second kappa shape index (κ2) is 4.40. The molecule has 0 bridgehead atoms. The number of benzene rings is 1. The van der Waals surface area contributed by atoms with Gasteiger partial charge in [-0.3, -0.25) is 0 Å². The van der Waals surface area contributed by atoms with Gasteiger partial charge in [-0.1, -0.05) is 18.5 Å². The largest absolute Gasteiger partial charge is 0.504 e. The van der Waals surface area contributed by atoms with Gasteiger partial charge in [-0.05, 0) is 18.1 Å². The maximum absolute atomic E-state index is 10.9. The minimum atomic E-state index is -1.27. The fraction of sp³-hybridized carbons (Fsp3) is 0.300. The molecule has 0 saturated carbocycles. The predicted octanol–water partition coefficient (Wildman–Crippen LogP) is 2.31. The van der Waals surface area contributed by atoms with E-state index < -0.39 is 11.7 Å². The lowest BCUT2D eigenvalue weighted by Gasteiger charge is -2.11. The molecule has 15 heavy (non-hydrogen) atoms. The molecule has 2 N–H and O–H groups in total. The summed E-state index contributed by atoms with van der Waals surface area (Å²) >= 11 is 5.84. The van der Waals surface area contributed by atoms with Crippen LogP contribution in [0.5, 0.6) is 11.5 Å². The molecule has 0 heterocycles. The van der Waals surface area contributed by atoms with E-state index in [1.165, 1.54) is 13.2 Å². The van der Waals surface area contributed by atoms with E-state index in [0.717, 1.165) is 0 Å². The highest BCUT2D eigenvalue weighted by molar-refractivity contribution is 6.34. The Kier molecular flexibility index (Phi) is 3.42. The molecule has 1 aromatic carbocycles. The highest BCUT2D eigenvalue weighted by atomic mass is 35.5. The Balaban J connectivity index is 3.53. The summed E-state index contributed by atoms with van der Waals surface area (Å²) < 4.78 is 4.86. The van der Waals surface area contributed by atoms with Crippen molar-refractivity contribution in [2.75, 3.05) is 7.11 Å². The van der Waals surface area contributed by atoms with Crippen LogP contribution in [0.2, 0.25) is 5.02 Å². The first-order chi connectivity index (χ1) is 7.02. The summed E-state index contributed by atoms with van der Waals surface area (Å²) in [5, 5.41) is 18.5. The molecule has 0 amide bonds. The molecule has 0 spiro atoms. The first kappa shape index (κ1) is 11.7. The van der Waals surface area contributed by atoms with E-state index in [2.05, 4.69) is 0 Å².